The number of aliphatic hydroxyl groups excluding tert-OH is 1. The fraction of sp³-hybridized carbons (Fsp3) is 0.652. The van der Waals surface area contributed by atoms with Crippen molar-refractivity contribution in [1.82, 2.24) is 20.4 Å². The van der Waals surface area contributed by atoms with Crippen LogP contribution in [0.5, 0.6) is 5.88 Å². The molecule has 0 unspecified atom stereocenters. The number of hydrogen-bond donors (Lipinski definition) is 2. The quantitative estimate of drug-likeness (QED) is 0.574. The molecule has 9 nitrogen and oxygen atoms in total. The molecule has 0 spiro atoms. The average molecular weight is 446 g/mol. The largest absolute Gasteiger partial charge is 0.478 e. The molecule has 1 fully saturated rings. The number of nitrogens with one attached hydrogen (secondary N) is 1. The summed E-state index contributed by atoms with van der Waals surface area (Å²) in [4.78, 5) is 23.1. The van der Waals surface area contributed by atoms with E-state index in [-0.39, 0.29) is 25.0 Å². The molecule has 0 aromatic carbocycles. The van der Waals surface area contributed by atoms with Gasteiger partial charge >= 0.3 is 6.01 Å². The van der Waals surface area contributed by atoms with Crippen molar-refractivity contribution >= 4 is 11.9 Å². The van der Waals surface area contributed by atoms with Gasteiger partial charge in [-0.25, -0.2) is 4.98 Å². The number of aromatic nitrogens is 3. The summed E-state index contributed by atoms with van der Waals surface area (Å²) in [5, 5.41) is 15.5. The lowest BCUT2D eigenvalue weighted by Gasteiger charge is -2.33. The molecular weight excluding hydrogens is 410 g/mol. The number of amides is 1. The number of nitrogens with zero attached hydrogens (tertiary/aromatic N) is 4. The highest BCUT2D eigenvalue weighted by Gasteiger charge is 2.26. The van der Waals surface area contributed by atoms with Crippen molar-refractivity contribution in [3.05, 3.63) is 29.2 Å². The second kappa shape index (κ2) is 11.3. The van der Waals surface area contributed by atoms with Gasteiger partial charge in [-0.3, -0.25) is 4.79 Å². The van der Waals surface area contributed by atoms with Crippen LogP contribution in [0.2, 0.25) is 0 Å². The van der Waals surface area contributed by atoms with Crippen LogP contribution >= 0.6 is 0 Å². The number of pyridine rings is 1. The van der Waals surface area contributed by atoms with Gasteiger partial charge in [-0.05, 0) is 44.1 Å². The summed E-state index contributed by atoms with van der Waals surface area (Å²) in [5.74, 6) is 2.49. The Hall–Kier alpha value is -2.68. The highest BCUT2D eigenvalue weighted by molar-refractivity contribution is 5.95. The molecule has 1 saturated heterocycles. The van der Waals surface area contributed by atoms with Crippen molar-refractivity contribution in [2.24, 2.45) is 11.8 Å². The zero-order chi connectivity index (χ0) is 23.1. The molecule has 2 aromatic heterocycles. The van der Waals surface area contributed by atoms with Crippen LogP contribution in [0.25, 0.3) is 0 Å². The molecule has 3 rings (SSSR count). The number of carbonyl (C=O) groups is 1. The molecule has 32 heavy (non-hydrogen) atoms. The summed E-state index contributed by atoms with van der Waals surface area (Å²) in [6, 6.07) is 4.07. The molecule has 1 aliphatic heterocycles. The monoisotopic (exact) mass is 445 g/mol. The van der Waals surface area contributed by atoms with E-state index in [0.29, 0.717) is 41.6 Å². The zero-order valence-corrected chi connectivity index (χ0v) is 19.5. The zero-order valence-electron chi connectivity index (χ0n) is 19.5. The van der Waals surface area contributed by atoms with Gasteiger partial charge in [0.2, 0.25) is 5.88 Å². The highest BCUT2D eigenvalue weighted by Crippen LogP contribution is 2.29. The smallest absolute Gasteiger partial charge is 0.324 e. The van der Waals surface area contributed by atoms with E-state index in [4.69, 9.17) is 14.4 Å². The Labute approximate surface area is 189 Å². The molecule has 2 aromatic rings. The first-order valence-electron chi connectivity index (χ1n) is 11.5. The Balaban J connectivity index is 1.42. The normalized spacial score (nSPS) is 15.8. The first-order chi connectivity index (χ1) is 15.4. The number of ether oxygens (including phenoxy) is 1. The lowest BCUT2D eigenvalue weighted by molar-refractivity contribution is 0.0943. The fourth-order valence-electron chi connectivity index (χ4n) is 3.96. The van der Waals surface area contributed by atoms with Crippen LogP contribution in [0.1, 0.15) is 67.8 Å². The number of carbonyl (C=O) groups excluding carboxylic acids is 1. The molecule has 0 saturated carbocycles. The molecule has 1 amide bonds. The maximum atomic E-state index is 12.0. The minimum atomic E-state index is -0.239. The molecular formula is C23H35N5O4. The molecule has 9 heteroatoms. The van der Waals surface area contributed by atoms with Crippen molar-refractivity contribution in [3.8, 4) is 5.88 Å². The number of anilines is 1. The molecule has 176 valence electrons. The summed E-state index contributed by atoms with van der Waals surface area (Å²) < 4.78 is 11.3. The second-order valence-corrected chi connectivity index (χ2v) is 8.79. The molecule has 1 aliphatic rings. The van der Waals surface area contributed by atoms with Gasteiger partial charge in [-0.15, -0.1) is 0 Å². The number of piperidine rings is 1. The topological polar surface area (TPSA) is 114 Å². The van der Waals surface area contributed by atoms with Gasteiger partial charge in [0.1, 0.15) is 0 Å². The van der Waals surface area contributed by atoms with Gasteiger partial charge < -0.3 is 24.6 Å². The van der Waals surface area contributed by atoms with Crippen LogP contribution in [0, 0.1) is 18.8 Å². The maximum Gasteiger partial charge on any atom is 0.324 e. The number of aryl methyl sites for hydroxylation is 1. The first kappa shape index (κ1) is 24.0. The molecule has 0 aliphatic carbocycles. The Bertz CT molecular complexity index is 877. The van der Waals surface area contributed by atoms with E-state index < -0.39 is 0 Å². The molecule has 2 N–H and O–H groups in total. The van der Waals surface area contributed by atoms with E-state index >= 15 is 0 Å². The third-order valence-electron chi connectivity index (χ3n) is 6.09. The summed E-state index contributed by atoms with van der Waals surface area (Å²) in [6.45, 7) is 10.8. The van der Waals surface area contributed by atoms with E-state index in [9.17, 15) is 4.79 Å². The van der Waals surface area contributed by atoms with Gasteiger partial charge in [0, 0.05) is 31.6 Å². The Kier molecular flexibility index (Phi) is 8.44. The lowest BCUT2D eigenvalue weighted by Crippen LogP contribution is -2.36. The summed E-state index contributed by atoms with van der Waals surface area (Å²) in [5.41, 5.74) is 1.10. The van der Waals surface area contributed by atoms with Crippen molar-refractivity contribution in [2.45, 2.75) is 52.9 Å². The molecule has 0 bridgehead atoms. The second-order valence-electron chi connectivity index (χ2n) is 8.79. The van der Waals surface area contributed by atoms with E-state index in [1.165, 1.54) is 0 Å². The predicted molar refractivity (Wildman–Crippen MR) is 121 cm³/mol. The molecule has 3 heterocycles. The van der Waals surface area contributed by atoms with Crippen molar-refractivity contribution in [2.75, 3.05) is 37.7 Å². The lowest BCUT2D eigenvalue weighted by atomic mass is 9.84. The van der Waals surface area contributed by atoms with Crippen LogP contribution in [-0.4, -0.2) is 59.0 Å². The van der Waals surface area contributed by atoms with Crippen LogP contribution in [0.15, 0.2) is 16.7 Å². The fourth-order valence-corrected chi connectivity index (χ4v) is 3.96. The van der Waals surface area contributed by atoms with Crippen molar-refractivity contribution in [1.29, 1.82) is 0 Å². The van der Waals surface area contributed by atoms with Crippen LogP contribution in [0.4, 0.5) is 6.01 Å². The summed E-state index contributed by atoms with van der Waals surface area (Å²) in [6.07, 6.45) is 3.13. The Morgan fingerprint density at radius 3 is 2.66 bits per heavy atom. The molecule has 1 atom stereocenters. The van der Waals surface area contributed by atoms with Crippen molar-refractivity contribution in [3.63, 3.8) is 0 Å². The summed E-state index contributed by atoms with van der Waals surface area (Å²) >= 11 is 0. The third kappa shape index (κ3) is 6.18. The van der Waals surface area contributed by atoms with E-state index in [1.54, 1.807) is 19.1 Å². The SMILES string of the molecule is Cc1nc(OCC[C@@H](C)C2CCN(c3nc(C(C)C)no3)CC2)ccc1C(=O)NCCO. The van der Waals surface area contributed by atoms with Crippen LogP contribution < -0.4 is 15.0 Å². The van der Waals surface area contributed by atoms with Gasteiger partial charge in [0.05, 0.1) is 24.5 Å². The van der Waals surface area contributed by atoms with Gasteiger partial charge in [-0.2, -0.15) is 4.98 Å². The van der Waals surface area contributed by atoms with Crippen LogP contribution in [0.3, 0.4) is 0 Å². The third-order valence-corrected chi connectivity index (χ3v) is 6.09. The first-order valence-corrected chi connectivity index (χ1v) is 11.5. The standard InChI is InChI=1S/C23H35N5O4/c1-15(2)21-26-23(32-27-21)28-11-7-18(8-12-28)16(3)9-14-31-20-6-5-19(17(4)25-20)22(30)24-10-13-29/h5-6,15-16,18,29H,7-14H2,1-4H3,(H,24,30)/t16-/m1/s1. The number of rotatable bonds is 10. The number of hydrogen-bond acceptors (Lipinski definition) is 8. The van der Waals surface area contributed by atoms with Crippen molar-refractivity contribution < 1.29 is 19.2 Å². The highest BCUT2D eigenvalue weighted by atomic mass is 16.5. The van der Waals surface area contributed by atoms with E-state index in [0.717, 1.165) is 38.2 Å². The van der Waals surface area contributed by atoms with E-state index in [2.05, 4.69) is 46.1 Å². The van der Waals surface area contributed by atoms with E-state index in [1.807, 2.05) is 0 Å². The number of aliphatic hydroxyl groups is 1. The van der Waals surface area contributed by atoms with Gasteiger partial charge in [-0.1, -0.05) is 25.9 Å². The Morgan fingerprint density at radius 1 is 1.28 bits per heavy atom. The van der Waals surface area contributed by atoms with Gasteiger partial charge in [0.15, 0.2) is 5.82 Å². The minimum absolute atomic E-state index is 0.0906. The predicted octanol–water partition coefficient (Wildman–Crippen LogP) is 2.94. The maximum absolute atomic E-state index is 12.0. The average Bonchev–Trinajstić information content (AvgIpc) is 3.28. The summed E-state index contributed by atoms with van der Waals surface area (Å²) in [7, 11) is 0. The van der Waals surface area contributed by atoms with Crippen LogP contribution in [-0.2, 0) is 0 Å². The van der Waals surface area contributed by atoms with Gasteiger partial charge in [0.25, 0.3) is 5.91 Å². The minimum Gasteiger partial charge on any atom is -0.478 e. The Morgan fingerprint density at radius 2 is 2.03 bits per heavy atom. The molecule has 0 radical (unpaired) electrons.